The molecule has 0 saturated heterocycles. The van der Waals surface area contributed by atoms with Crippen molar-refractivity contribution < 1.29 is 19.6 Å². The van der Waals surface area contributed by atoms with Gasteiger partial charge in [-0.3, -0.25) is 19.7 Å². The van der Waals surface area contributed by atoms with Crippen LogP contribution in [0.15, 0.2) is 36.4 Å². The van der Waals surface area contributed by atoms with Gasteiger partial charge in [0.1, 0.15) is 5.75 Å². The number of nitro benzene ring substituents is 1. The highest BCUT2D eigenvalue weighted by Crippen LogP contribution is 2.29. The minimum atomic E-state index is -0.633. The number of phenolic OH excluding ortho intramolecular Hbond substituents is 1. The van der Waals surface area contributed by atoms with Crippen LogP contribution in [0.5, 0.6) is 5.75 Å². The second kappa shape index (κ2) is 6.60. The molecule has 2 amide bonds. The molecule has 0 spiro atoms. The van der Waals surface area contributed by atoms with Crippen LogP contribution in [-0.2, 0) is 11.2 Å². The number of aromatic hydroxyl groups is 1. The first-order chi connectivity index (χ1) is 11.9. The number of phenols is 1. The van der Waals surface area contributed by atoms with Crippen molar-refractivity contribution in [2.24, 2.45) is 0 Å². The molecule has 1 aliphatic heterocycles. The van der Waals surface area contributed by atoms with E-state index < -0.39 is 10.8 Å². The van der Waals surface area contributed by atoms with Gasteiger partial charge in [0, 0.05) is 23.7 Å². The number of rotatable bonds is 3. The highest BCUT2D eigenvalue weighted by Gasteiger charge is 2.17. The molecule has 0 aliphatic carbocycles. The van der Waals surface area contributed by atoms with Crippen molar-refractivity contribution in [1.82, 2.24) is 0 Å². The van der Waals surface area contributed by atoms with Gasteiger partial charge in [-0.15, -0.1) is 0 Å². The smallest absolute Gasteiger partial charge is 0.273 e. The standard InChI is InChI=1S/C17H15N3O5/c21-15-9-12(20(24)25)5-7-14(15)19-17(23)11-4-6-13-10(8-11)2-1-3-16(22)18-13/h4-9,21H,1-3H2,(H,18,22)(H,19,23). The van der Waals surface area contributed by atoms with Gasteiger partial charge in [-0.05, 0) is 42.7 Å². The van der Waals surface area contributed by atoms with Gasteiger partial charge >= 0.3 is 0 Å². The Balaban J connectivity index is 1.81. The molecule has 128 valence electrons. The highest BCUT2D eigenvalue weighted by atomic mass is 16.6. The van der Waals surface area contributed by atoms with Crippen molar-refractivity contribution in [2.45, 2.75) is 19.3 Å². The molecule has 8 nitrogen and oxygen atoms in total. The maximum atomic E-state index is 12.4. The van der Waals surface area contributed by atoms with Crippen molar-refractivity contribution in [1.29, 1.82) is 0 Å². The van der Waals surface area contributed by atoms with Crippen molar-refractivity contribution in [3.05, 3.63) is 57.6 Å². The van der Waals surface area contributed by atoms with Crippen molar-refractivity contribution >= 4 is 28.9 Å². The topological polar surface area (TPSA) is 122 Å². The predicted molar refractivity (Wildman–Crippen MR) is 90.7 cm³/mol. The van der Waals surface area contributed by atoms with Gasteiger partial charge in [0.25, 0.3) is 11.6 Å². The Labute approximate surface area is 142 Å². The van der Waals surface area contributed by atoms with Gasteiger partial charge < -0.3 is 15.7 Å². The first kappa shape index (κ1) is 16.4. The lowest BCUT2D eigenvalue weighted by atomic mass is 10.0. The zero-order valence-corrected chi connectivity index (χ0v) is 13.1. The van der Waals surface area contributed by atoms with E-state index in [1.807, 2.05) is 0 Å². The second-order valence-corrected chi connectivity index (χ2v) is 5.69. The summed E-state index contributed by atoms with van der Waals surface area (Å²) in [7, 11) is 0. The molecular formula is C17H15N3O5. The molecule has 2 aromatic carbocycles. The van der Waals surface area contributed by atoms with Gasteiger partial charge in [0.05, 0.1) is 16.7 Å². The quantitative estimate of drug-likeness (QED) is 0.450. The number of aryl methyl sites for hydroxylation is 1. The van der Waals surface area contributed by atoms with Crippen LogP contribution in [0.25, 0.3) is 0 Å². The van der Waals surface area contributed by atoms with Crippen LogP contribution in [0, 0.1) is 10.1 Å². The molecule has 0 fully saturated rings. The lowest BCUT2D eigenvalue weighted by Crippen LogP contribution is -2.13. The van der Waals surface area contributed by atoms with Crippen molar-refractivity contribution in [3.8, 4) is 5.75 Å². The molecule has 2 aromatic rings. The highest BCUT2D eigenvalue weighted by molar-refractivity contribution is 6.05. The fraction of sp³-hybridized carbons (Fsp3) is 0.176. The summed E-state index contributed by atoms with van der Waals surface area (Å²) >= 11 is 0. The summed E-state index contributed by atoms with van der Waals surface area (Å²) < 4.78 is 0. The Hall–Kier alpha value is -3.42. The van der Waals surface area contributed by atoms with E-state index in [9.17, 15) is 24.8 Å². The van der Waals surface area contributed by atoms with E-state index in [0.717, 1.165) is 11.6 Å². The van der Waals surface area contributed by atoms with Gasteiger partial charge in [-0.25, -0.2) is 0 Å². The third-order valence-corrected chi connectivity index (χ3v) is 3.93. The zero-order chi connectivity index (χ0) is 18.0. The van der Waals surface area contributed by atoms with Crippen LogP contribution in [0.4, 0.5) is 17.1 Å². The van der Waals surface area contributed by atoms with E-state index in [-0.39, 0.29) is 23.0 Å². The fourth-order valence-corrected chi connectivity index (χ4v) is 2.65. The number of carbonyl (C=O) groups is 2. The number of amides is 2. The van der Waals surface area contributed by atoms with Gasteiger partial charge in [0.2, 0.25) is 5.91 Å². The van der Waals surface area contributed by atoms with Crippen LogP contribution in [0.3, 0.4) is 0 Å². The SMILES string of the molecule is O=C1CCCc2cc(C(=O)Nc3ccc([N+](=O)[O-])cc3O)ccc2N1. The van der Waals surface area contributed by atoms with Crippen LogP contribution in [-0.4, -0.2) is 21.8 Å². The largest absolute Gasteiger partial charge is 0.506 e. The Kier molecular flexibility index (Phi) is 4.34. The summed E-state index contributed by atoms with van der Waals surface area (Å²) in [6.45, 7) is 0. The Morgan fingerprint density at radius 3 is 2.72 bits per heavy atom. The zero-order valence-electron chi connectivity index (χ0n) is 13.1. The Bertz CT molecular complexity index is 879. The van der Waals surface area contributed by atoms with Gasteiger partial charge in [-0.2, -0.15) is 0 Å². The van der Waals surface area contributed by atoms with E-state index in [4.69, 9.17) is 0 Å². The molecular weight excluding hydrogens is 326 g/mol. The number of nitrogens with one attached hydrogen (secondary N) is 2. The molecule has 0 saturated carbocycles. The molecule has 1 aliphatic rings. The summed E-state index contributed by atoms with van der Waals surface area (Å²) in [5.74, 6) is -0.890. The van der Waals surface area contributed by atoms with E-state index in [1.165, 1.54) is 12.1 Å². The maximum absolute atomic E-state index is 12.4. The van der Waals surface area contributed by atoms with Gasteiger partial charge in [0.15, 0.2) is 0 Å². The lowest BCUT2D eigenvalue weighted by molar-refractivity contribution is -0.384. The first-order valence-corrected chi connectivity index (χ1v) is 7.65. The predicted octanol–water partition coefficient (Wildman–Crippen LogP) is 2.83. The molecule has 0 unspecified atom stereocenters. The van der Waals surface area contributed by atoms with Crippen LogP contribution >= 0.6 is 0 Å². The second-order valence-electron chi connectivity index (χ2n) is 5.69. The van der Waals surface area contributed by atoms with Crippen LogP contribution < -0.4 is 10.6 Å². The van der Waals surface area contributed by atoms with E-state index in [1.54, 1.807) is 18.2 Å². The normalized spacial score (nSPS) is 13.4. The van der Waals surface area contributed by atoms with Crippen molar-refractivity contribution in [3.63, 3.8) is 0 Å². The number of hydrogen-bond donors (Lipinski definition) is 3. The van der Waals surface area contributed by atoms with E-state index in [2.05, 4.69) is 10.6 Å². The molecule has 0 aromatic heterocycles. The minimum absolute atomic E-state index is 0.0493. The first-order valence-electron chi connectivity index (χ1n) is 7.65. The fourth-order valence-electron chi connectivity index (χ4n) is 2.65. The van der Waals surface area contributed by atoms with Crippen LogP contribution in [0.1, 0.15) is 28.8 Å². The minimum Gasteiger partial charge on any atom is -0.506 e. The van der Waals surface area contributed by atoms with Gasteiger partial charge in [-0.1, -0.05) is 0 Å². The maximum Gasteiger partial charge on any atom is 0.273 e. The molecule has 25 heavy (non-hydrogen) atoms. The average molecular weight is 341 g/mol. The molecule has 0 bridgehead atoms. The average Bonchev–Trinajstić information content (AvgIpc) is 2.76. The van der Waals surface area contributed by atoms with E-state index in [0.29, 0.717) is 30.5 Å². The Morgan fingerprint density at radius 1 is 1.20 bits per heavy atom. The third kappa shape index (κ3) is 3.57. The number of anilines is 2. The summed E-state index contributed by atoms with van der Waals surface area (Å²) in [4.78, 5) is 34.0. The number of nitrogens with zero attached hydrogens (tertiary/aromatic N) is 1. The summed E-state index contributed by atoms with van der Waals surface area (Å²) in [5.41, 5.74) is 1.74. The summed E-state index contributed by atoms with van der Waals surface area (Å²) in [6, 6.07) is 8.38. The molecule has 3 N–H and O–H groups in total. The number of nitro groups is 1. The number of hydrogen-bond acceptors (Lipinski definition) is 5. The summed E-state index contributed by atoms with van der Waals surface area (Å²) in [6.07, 6.45) is 1.82. The van der Waals surface area contributed by atoms with Crippen molar-refractivity contribution in [2.75, 3.05) is 10.6 Å². The molecule has 0 radical (unpaired) electrons. The Morgan fingerprint density at radius 2 is 2.00 bits per heavy atom. The van der Waals surface area contributed by atoms with Crippen LogP contribution in [0.2, 0.25) is 0 Å². The summed E-state index contributed by atoms with van der Waals surface area (Å²) in [5, 5.41) is 25.8. The molecule has 0 atom stereocenters. The molecule has 1 heterocycles. The lowest BCUT2D eigenvalue weighted by Gasteiger charge is -2.10. The molecule has 8 heteroatoms. The number of benzene rings is 2. The molecule has 3 rings (SSSR count). The number of fused-ring (bicyclic) bond motifs is 1. The monoisotopic (exact) mass is 341 g/mol. The number of carbonyl (C=O) groups excluding carboxylic acids is 2. The third-order valence-electron chi connectivity index (χ3n) is 3.93. The van der Waals surface area contributed by atoms with E-state index >= 15 is 0 Å². The number of non-ortho nitro benzene ring substituents is 1.